The number of hydrogen-bond acceptors (Lipinski definition) is 2. The maximum atomic E-state index is 5.66. The fourth-order valence-electron chi connectivity index (χ4n) is 2.11. The van der Waals surface area contributed by atoms with Crippen molar-refractivity contribution in [3.8, 4) is 0 Å². The van der Waals surface area contributed by atoms with Crippen molar-refractivity contribution < 1.29 is 4.74 Å². The van der Waals surface area contributed by atoms with E-state index < -0.39 is 0 Å². The first-order valence-corrected chi connectivity index (χ1v) is 7.13. The van der Waals surface area contributed by atoms with Gasteiger partial charge in [0.1, 0.15) is 0 Å². The second-order valence-electron chi connectivity index (χ2n) is 4.87. The summed E-state index contributed by atoms with van der Waals surface area (Å²) in [7, 11) is 2.02. The Labute approximate surface area is 112 Å². The van der Waals surface area contributed by atoms with E-state index in [-0.39, 0.29) is 0 Å². The number of ether oxygens (including phenoxy) is 1. The van der Waals surface area contributed by atoms with E-state index in [0.717, 1.165) is 32.6 Å². The number of nitrogens with one attached hydrogen (secondary N) is 1. The molecule has 0 bridgehead atoms. The summed E-state index contributed by atoms with van der Waals surface area (Å²) in [5, 5.41) is 3.28. The predicted octanol–water partition coefficient (Wildman–Crippen LogP) is 3.27. The molecular formula is C16H27NO. The van der Waals surface area contributed by atoms with Gasteiger partial charge in [-0.2, -0.15) is 0 Å². The van der Waals surface area contributed by atoms with Crippen LogP contribution in [0.25, 0.3) is 0 Å². The third-order valence-corrected chi connectivity index (χ3v) is 3.17. The van der Waals surface area contributed by atoms with E-state index in [0.29, 0.717) is 5.92 Å². The Morgan fingerprint density at radius 2 is 1.94 bits per heavy atom. The van der Waals surface area contributed by atoms with Gasteiger partial charge in [0.2, 0.25) is 0 Å². The number of benzene rings is 1. The van der Waals surface area contributed by atoms with Crippen LogP contribution in [0.15, 0.2) is 30.3 Å². The van der Waals surface area contributed by atoms with Gasteiger partial charge in [-0.25, -0.2) is 0 Å². The van der Waals surface area contributed by atoms with Crippen LogP contribution in [0, 0.1) is 5.92 Å². The molecule has 0 aliphatic carbocycles. The Bertz CT molecular complexity index is 286. The molecule has 1 N–H and O–H groups in total. The number of unbranched alkanes of at least 4 members (excludes halogenated alkanes) is 1. The summed E-state index contributed by atoms with van der Waals surface area (Å²) in [6, 6.07) is 10.7. The smallest absolute Gasteiger partial charge is 0.0469 e. The Morgan fingerprint density at radius 3 is 2.61 bits per heavy atom. The third kappa shape index (κ3) is 6.77. The molecule has 18 heavy (non-hydrogen) atoms. The molecule has 0 aliphatic heterocycles. The Kier molecular flexibility index (Phi) is 8.53. The second kappa shape index (κ2) is 10.1. The topological polar surface area (TPSA) is 21.3 Å². The van der Waals surface area contributed by atoms with Crippen LogP contribution in [0.1, 0.15) is 31.7 Å². The fourth-order valence-corrected chi connectivity index (χ4v) is 2.11. The van der Waals surface area contributed by atoms with Crippen molar-refractivity contribution in [2.24, 2.45) is 5.92 Å². The van der Waals surface area contributed by atoms with Gasteiger partial charge < -0.3 is 10.1 Å². The molecule has 0 radical (unpaired) electrons. The molecule has 0 aromatic heterocycles. The van der Waals surface area contributed by atoms with Crippen molar-refractivity contribution in [3.63, 3.8) is 0 Å². The first-order chi connectivity index (χ1) is 8.86. The van der Waals surface area contributed by atoms with Gasteiger partial charge in [0.25, 0.3) is 0 Å². The molecule has 1 aromatic rings. The lowest BCUT2D eigenvalue weighted by molar-refractivity contribution is 0.117. The van der Waals surface area contributed by atoms with E-state index in [4.69, 9.17) is 4.74 Å². The van der Waals surface area contributed by atoms with E-state index in [9.17, 15) is 0 Å². The summed E-state index contributed by atoms with van der Waals surface area (Å²) in [6.07, 6.45) is 4.66. The molecule has 1 unspecified atom stereocenters. The first-order valence-electron chi connectivity index (χ1n) is 7.13. The van der Waals surface area contributed by atoms with Gasteiger partial charge >= 0.3 is 0 Å². The minimum atomic E-state index is 0.666. The van der Waals surface area contributed by atoms with Crippen molar-refractivity contribution in [2.45, 2.75) is 32.6 Å². The normalized spacial score (nSPS) is 12.6. The van der Waals surface area contributed by atoms with Gasteiger partial charge in [-0.1, -0.05) is 43.7 Å². The zero-order valence-corrected chi connectivity index (χ0v) is 11.8. The quantitative estimate of drug-likeness (QED) is 0.643. The second-order valence-corrected chi connectivity index (χ2v) is 4.87. The number of hydrogen-bond donors (Lipinski definition) is 1. The van der Waals surface area contributed by atoms with Crippen LogP contribution < -0.4 is 5.32 Å². The lowest BCUT2D eigenvalue weighted by Crippen LogP contribution is -2.22. The molecule has 0 heterocycles. The summed E-state index contributed by atoms with van der Waals surface area (Å²) in [5.41, 5.74) is 1.42. The Morgan fingerprint density at radius 1 is 1.17 bits per heavy atom. The highest BCUT2D eigenvalue weighted by Crippen LogP contribution is 2.12. The van der Waals surface area contributed by atoms with Crippen LogP contribution in [0.4, 0.5) is 0 Å². The molecule has 0 amide bonds. The van der Waals surface area contributed by atoms with Crippen LogP contribution in [0.2, 0.25) is 0 Å². The van der Waals surface area contributed by atoms with Crippen molar-refractivity contribution in [1.82, 2.24) is 5.32 Å². The molecule has 0 saturated carbocycles. The highest BCUT2D eigenvalue weighted by Gasteiger charge is 2.08. The zero-order chi connectivity index (χ0) is 13.1. The molecule has 1 rings (SSSR count). The summed E-state index contributed by atoms with van der Waals surface area (Å²) in [5.74, 6) is 0.666. The molecule has 0 fully saturated rings. The summed E-state index contributed by atoms with van der Waals surface area (Å²) >= 11 is 0. The monoisotopic (exact) mass is 249 g/mol. The number of rotatable bonds is 10. The van der Waals surface area contributed by atoms with E-state index >= 15 is 0 Å². The van der Waals surface area contributed by atoms with Gasteiger partial charge in [-0.15, -0.1) is 0 Å². The largest absolute Gasteiger partial charge is 0.381 e. The summed E-state index contributed by atoms with van der Waals surface area (Å²) in [4.78, 5) is 0. The molecular weight excluding hydrogens is 222 g/mol. The lowest BCUT2D eigenvalue weighted by Gasteiger charge is -2.16. The van der Waals surface area contributed by atoms with E-state index in [1.807, 2.05) is 7.05 Å². The van der Waals surface area contributed by atoms with E-state index in [1.54, 1.807) is 0 Å². The minimum Gasteiger partial charge on any atom is -0.381 e. The molecule has 0 saturated heterocycles. The van der Waals surface area contributed by atoms with Crippen LogP contribution in [0.3, 0.4) is 0 Å². The van der Waals surface area contributed by atoms with Crippen LogP contribution in [0.5, 0.6) is 0 Å². The molecule has 1 atom stereocenters. The molecule has 0 aliphatic rings. The molecule has 1 aromatic carbocycles. The van der Waals surface area contributed by atoms with E-state index in [1.165, 1.54) is 18.4 Å². The van der Waals surface area contributed by atoms with Crippen molar-refractivity contribution >= 4 is 0 Å². The molecule has 2 nitrogen and oxygen atoms in total. The average molecular weight is 249 g/mol. The van der Waals surface area contributed by atoms with E-state index in [2.05, 4.69) is 42.6 Å². The van der Waals surface area contributed by atoms with Gasteiger partial charge in [0, 0.05) is 13.2 Å². The van der Waals surface area contributed by atoms with Gasteiger partial charge in [0.15, 0.2) is 0 Å². The highest BCUT2D eigenvalue weighted by molar-refractivity contribution is 5.15. The van der Waals surface area contributed by atoms with Crippen molar-refractivity contribution in [3.05, 3.63) is 35.9 Å². The summed E-state index contributed by atoms with van der Waals surface area (Å²) in [6.45, 7) is 5.06. The maximum absolute atomic E-state index is 5.66. The SMILES string of the molecule is CCCCOCCC(CNC)Cc1ccccc1. The summed E-state index contributed by atoms with van der Waals surface area (Å²) < 4.78 is 5.66. The van der Waals surface area contributed by atoms with Crippen LogP contribution in [-0.4, -0.2) is 26.8 Å². The first kappa shape index (κ1) is 15.2. The lowest BCUT2D eigenvalue weighted by atomic mass is 9.96. The standard InChI is InChI=1S/C16H27NO/c1-3-4-11-18-12-10-16(14-17-2)13-15-8-6-5-7-9-15/h5-9,16-17H,3-4,10-14H2,1-2H3. The zero-order valence-electron chi connectivity index (χ0n) is 11.8. The van der Waals surface area contributed by atoms with Gasteiger partial charge in [-0.3, -0.25) is 0 Å². The average Bonchev–Trinajstić information content (AvgIpc) is 2.40. The molecule has 2 heteroatoms. The van der Waals surface area contributed by atoms with Crippen molar-refractivity contribution in [2.75, 3.05) is 26.8 Å². The van der Waals surface area contributed by atoms with Crippen LogP contribution in [-0.2, 0) is 11.2 Å². The van der Waals surface area contributed by atoms with Gasteiger partial charge in [-0.05, 0) is 44.3 Å². The highest BCUT2D eigenvalue weighted by atomic mass is 16.5. The minimum absolute atomic E-state index is 0.666. The van der Waals surface area contributed by atoms with Crippen LogP contribution >= 0.6 is 0 Å². The van der Waals surface area contributed by atoms with Crippen molar-refractivity contribution in [1.29, 1.82) is 0 Å². The maximum Gasteiger partial charge on any atom is 0.0469 e. The predicted molar refractivity (Wildman–Crippen MR) is 77.9 cm³/mol. The van der Waals surface area contributed by atoms with Gasteiger partial charge in [0.05, 0.1) is 0 Å². The fraction of sp³-hybridized carbons (Fsp3) is 0.625. The molecule has 102 valence electrons. The Hall–Kier alpha value is -0.860. The molecule has 0 spiro atoms. The Balaban J connectivity index is 2.26. The third-order valence-electron chi connectivity index (χ3n) is 3.17.